The van der Waals surface area contributed by atoms with E-state index in [1.165, 1.54) is 4.90 Å². The van der Waals surface area contributed by atoms with Gasteiger partial charge in [-0.05, 0) is 50.6 Å². The number of carbonyl (C=O) groups excluding carboxylic acids is 3. The van der Waals surface area contributed by atoms with E-state index in [0.29, 0.717) is 17.1 Å². The van der Waals surface area contributed by atoms with Gasteiger partial charge in [-0.3, -0.25) is 9.59 Å². The molecule has 1 aliphatic rings. The number of hydrogen-bond donors (Lipinski definition) is 1. The molecule has 0 unspecified atom stereocenters. The van der Waals surface area contributed by atoms with Gasteiger partial charge in [0.05, 0.1) is 11.4 Å². The molecular formula is C22H24N2O5. The molecule has 0 radical (unpaired) electrons. The topological polar surface area (TPSA) is 84.9 Å². The van der Waals surface area contributed by atoms with Crippen LogP contribution in [0.25, 0.3) is 0 Å². The zero-order valence-electron chi connectivity index (χ0n) is 16.7. The normalized spacial score (nSPS) is 16.9. The minimum atomic E-state index is -0.860. The first kappa shape index (κ1) is 20.4. The van der Waals surface area contributed by atoms with Crippen molar-refractivity contribution >= 4 is 29.2 Å². The average Bonchev–Trinajstić information content (AvgIpc) is 2.80. The second-order valence-electron chi connectivity index (χ2n) is 7.07. The van der Waals surface area contributed by atoms with Gasteiger partial charge in [0.1, 0.15) is 5.75 Å². The van der Waals surface area contributed by atoms with Crippen LogP contribution in [0.2, 0.25) is 0 Å². The Hall–Kier alpha value is -3.35. The first-order valence-electron chi connectivity index (χ1n) is 9.46. The van der Waals surface area contributed by atoms with E-state index in [2.05, 4.69) is 5.32 Å². The lowest BCUT2D eigenvalue weighted by molar-refractivity contribution is -0.154. The van der Waals surface area contributed by atoms with E-state index in [1.807, 2.05) is 25.1 Å². The van der Waals surface area contributed by atoms with Crippen molar-refractivity contribution in [1.29, 1.82) is 0 Å². The van der Waals surface area contributed by atoms with Crippen molar-refractivity contribution in [3.8, 4) is 5.75 Å². The van der Waals surface area contributed by atoms with Crippen molar-refractivity contribution < 1.29 is 23.9 Å². The summed E-state index contributed by atoms with van der Waals surface area (Å²) in [5, 5.41) is 2.79. The minimum Gasteiger partial charge on any atom is -0.479 e. The summed E-state index contributed by atoms with van der Waals surface area (Å²) in [6, 6.07) is 14.0. The zero-order chi connectivity index (χ0) is 21.0. The summed E-state index contributed by atoms with van der Waals surface area (Å²) in [5.41, 5.74) is 2.14. The van der Waals surface area contributed by atoms with Crippen molar-refractivity contribution in [1.82, 2.24) is 0 Å². The highest BCUT2D eigenvalue weighted by molar-refractivity contribution is 6.05. The van der Waals surface area contributed by atoms with E-state index in [9.17, 15) is 14.4 Å². The van der Waals surface area contributed by atoms with Gasteiger partial charge in [-0.25, -0.2) is 4.79 Å². The van der Waals surface area contributed by atoms with Crippen LogP contribution in [0.3, 0.4) is 0 Å². The van der Waals surface area contributed by atoms with E-state index in [0.717, 1.165) is 5.56 Å². The maximum atomic E-state index is 12.8. The van der Waals surface area contributed by atoms with Crippen LogP contribution in [0, 0.1) is 6.92 Å². The molecule has 2 amide bonds. The number of aryl methyl sites for hydroxylation is 1. The molecular weight excluding hydrogens is 372 g/mol. The summed E-state index contributed by atoms with van der Waals surface area (Å²) < 4.78 is 10.8. The van der Waals surface area contributed by atoms with Crippen LogP contribution in [-0.4, -0.2) is 36.5 Å². The van der Waals surface area contributed by atoms with E-state index >= 15 is 0 Å². The third kappa shape index (κ3) is 4.93. The second kappa shape index (κ2) is 8.77. The standard InChI is InChI=1S/C22H24N2O5/c1-14-7-6-8-17(11-14)29-16(3)22(27)28-13-21(26)24-15(2)12-20(25)23-18-9-4-5-10-19(18)24/h4-11,15-16H,12-13H2,1-3H3,(H,23,25)/t15-,16+/m1/s1. The lowest BCUT2D eigenvalue weighted by Crippen LogP contribution is -2.42. The van der Waals surface area contributed by atoms with Crippen LogP contribution in [0.5, 0.6) is 5.75 Å². The molecule has 0 aliphatic carbocycles. The number of para-hydroxylation sites is 2. The first-order valence-corrected chi connectivity index (χ1v) is 9.46. The Morgan fingerprint density at radius 1 is 1.21 bits per heavy atom. The number of rotatable bonds is 5. The van der Waals surface area contributed by atoms with Gasteiger partial charge in [0, 0.05) is 12.5 Å². The molecule has 0 fully saturated rings. The molecule has 1 heterocycles. The Labute approximate surface area is 169 Å². The Morgan fingerprint density at radius 3 is 2.72 bits per heavy atom. The monoisotopic (exact) mass is 396 g/mol. The first-order chi connectivity index (χ1) is 13.8. The van der Waals surface area contributed by atoms with E-state index < -0.39 is 24.6 Å². The maximum absolute atomic E-state index is 12.8. The van der Waals surface area contributed by atoms with Crippen LogP contribution in [0.4, 0.5) is 11.4 Å². The summed E-state index contributed by atoms with van der Waals surface area (Å²) in [5.74, 6) is -0.653. The predicted octanol–water partition coefficient (Wildman–Crippen LogP) is 3.07. The fraction of sp³-hybridized carbons (Fsp3) is 0.318. The number of benzene rings is 2. The number of amides is 2. The number of anilines is 2. The Morgan fingerprint density at radius 2 is 1.97 bits per heavy atom. The van der Waals surface area contributed by atoms with Crippen LogP contribution < -0.4 is 15.0 Å². The lowest BCUT2D eigenvalue weighted by Gasteiger charge is -2.27. The Kier molecular flexibility index (Phi) is 6.16. The molecule has 0 aromatic heterocycles. The van der Waals surface area contributed by atoms with Crippen LogP contribution in [0.1, 0.15) is 25.8 Å². The minimum absolute atomic E-state index is 0.154. The number of nitrogens with one attached hydrogen (secondary N) is 1. The summed E-state index contributed by atoms with van der Waals surface area (Å²) in [6.45, 7) is 4.84. The number of carbonyl (C=O) groups is 3. The van der Waals surface area contributed by atoms with Crippen molar-refractivity contribution in [2.24, 2.45) is 0 Å². The molecule has 7 nitrogen and oxygen atoms in total. The number of hydrogen-bond acceptors (Lipinski definition) is 5. The van der Waals surface area contributed by atoms with Crippen molar-refractivity contribution in [3.05, 3.63) is 54.1 Å². The quantitative estimate of drug-likeness (QED) is 0.785. The highest BCUT2D eigenvalue weighted by Crippen LogP contribution is 2.31. The highest BCUT2D eigenvalue weighted by atomic mass is 16.6. The van der Waals surface area contributed by atoms with Gasteiger partial charge in [-0.2, -0.15) is 0 Å². The third-order valence-corrected chi connectivity index (χ3v) is 4.60. The molecule has 0 bridgehead atoms. The molecule has 0 saturated carbocycles. The van der Waals surface area contributed by atoms with Crippen LogP contribution in [-0.2, 0) is 19.1 Å². The van der Waals surface area contributed by atoms with Gasteiger partial charge in [-0.1, -0.05) is 24.3 Å². The Bertz CT molecular complexity index is 927. The third-order valence-electron chi connectivity index (χ3n) is 4.60. The molecule has 3 rings (SSSR count). The molecule has 0 spiro atoms. The zero-order valence-corrected chi connectivity index (χ0v) is 16.7. The largest absolute Gasteiger partial charge is 0.479 e. The summed E-state index contributed by atoms with van der Waals surface area (Å²) in [6.07, 6.45) is -0.706. The maximum Gasteiger partial charge on any atom is 0.347 e. The molecule has 1 aliphatic heterocycles. The number of esters is 1. The molecule has 2 atom stereocenters. The van der Waals surface area contributed by atoms with Gasteiger partial charge in [0.15, 0.2) is 12.7 Å². The molecule has 29 heavy (non-hydrogen) atoms. The smallest absolute Gasteiger partial charge is 0.347 e. The van der Waals surface area contributed by atoms with Gasteiger partial charge in [-0.15, -0.1) is 0 Å². The summed E-state index contributed by atoms with van der Waals surface area (Å²) >= 11 is 0. The van der Waals surface area contributed by atoms with Gasteiger partial charge < -0.3 is 19.7 Å². The predicted molar refractivity (Wildman–Crippen MR) is 109 cm³/mol. The second-order valence-corrected chi connectivity index (χ2v) is 7.07. The van der Waals surface area contributed by atoms with Crippen molar-refractivity contribution in [2.45, 2.75) is 39.3 Å². The van der Waals surface area contributed by atoms with E-state index in [1.54, 1.807) is 44.2 Å². The SMILES string of the molecule is Cc1cccc(O[C@@H](C)C(=O)OCC(=O)N2c3ccccc3NC(=O)C[C@H]2C)c1. The molecule has 7 heteroatoms. The van der Waals surface area contributed by atoms with Crippen molar-refractivity contribution in [3.63, 3.8) is 0 Å². The molecule has 152 valence electrons. The number of ether oxygens (including phenoxy) is 2. The van der Waals surface area contributed by atoms with Crippen LogP contribution >= 0.6 is 0 Å². The molecule has 2 aromatic carbocycles. The van der Waals surface area contributed by atoms with Crippen LogP contribution in [0.15, 0.2) is 48.5 Å². The van der Waals surface area contributed by atoms with Gasteiger partial charge >= 0.3 is 5.97 Å². The number of fused-ring (bicyclic) bond motifs is 1. The van der Waals surface area contributed by atoms with E-state index in [-0.39, 0.29) is 18.4 Å². The fourth-order valence-electron chi connectivity index (χ4n) is 3.23. The molecule has 1 N–H and O–H groups in total. The van der Waals surface area contributed by atoms with Crippen molar-refractivity contribution in [2.75, 3.05) is 16.8 Å². The summed E-state index contributed by atoms with van der Waals surface area (Å²) in [4.78, 5) is 38.6. The number of nitrogens with zero attached hydrogens (tertiary/aromatic N) is 1. The molecule has 2 aromatic rings. The summed E-state index contributed by atoms with van der Waals surface area (Å²) in [7, 11) is 0. The average molecular weight is 396 g/mol. The van der Waals surface area contributed by atoms with Gasteiger partial charge in [0.2, 0.25) is 5.91 Å². The fourth-order valence-corrected chi connectivity index (χ4v) is 3.23. The van der Waals surface area contributed by atoms with E-state index in [4.69, 9.17) is 9.47 Å². The Balaban J connectivity index is 1.65. The highest BCUT2D eigenvalue weighted by Gasteiger charge is 2.30. The molecule has 0 saturated heterocycles. The lowest BCUT2D eigenvalue weighted by atomic mass is 10.1. The van der Waals surface area contributed by atoms with Gasteiger partial charge in [0.25, 0.3) is 5.91 Å².